The summed E-state index contributed by atoms with van der Waals surface area (Å²) in [6.07, 6.45) is 0. The summed E-state index contributed by atoms with van der Waals surface area (Å²) in [5.74, 6) is -0.947. The van der Waals surface area contributed by atoms with Crippen LogP contribution in [0.5, 0.6) is 0 Å². The van der Waals surface area contributed by atoms with Crippen LogP contribution in [0.25, 0.3) is 0 Å². The average Bonchev–Trinajstić information content (AvgIpc) is 2.38. The molecule has 0 heterocycles. The van der Waals surface area contributed by atoms with Crippen molar-refractivity contribution in [3.63, 3.8) is 0 Å². The van der Waals surface area contributed by atoms with E-state index in [0.29, 0.717) is 10.2 Å². The van der Waals surface area contributed by atoms with Crippen molar-refractivity contribution in [2.75, 3.05) is 5.32 Å². The molecule has 1 atom stereocenters. The zero-order valence-electron chi connectivity index (χ0n) is 11.4. The summed E-state index contributed by atoms with van der Waals surface area (Å²) in [6, 6.07) is 13.4. The van der Waals surface area contributed by atoms with Gasteiger partial charge in [0.25, 0.3) is 0 Å². The maximum Gasteiger partial charge on any atom is 0.338 e. The monoisotopic (exact) mass is 333 g/mol. The predicted octanol–water partition coefficient (Wildman–Crippen LogP) is 4.63. The molecule has 3 nitrogen and oxygen atoms in total. The molecule has 0 aromatic heterocycles. The van der Waals surface area contributed by atoms with Gasteiger partial charge in [-0.1, -0.05) is 30.3 Å². The first-order valence-electron chi connectivity index (χ1n) is 6.34. The zero-order valence-corrected chi connectivity index (χ0v) is 12.9. The lowest BCUT2D eigenvalue weighted by atomic mass is 10.0. The molecule has 104 valence electrons. The van der Waals surface area contributed by atoms with Gasteiger partial charge in [-0.3, -0.25) is 0 Å². The van der Waals surface area contributed by atoms with Gasteiger partial charge in [0, 0.05) is 10.5 Å². The zero-order chi connectivity index (χ0) is 14.7. The molecule has 0 saturated heterocycles. The summed E-state index contributed by atoms with van der Waals surface area (Å²) in [6.45, 7) is 4.07. The third-order valence-corrected chi connectivity index (χ3v) is 3.92. The first-order valence-corrected chi connectivity index (χ1v) is 7.14. The molecule has 2 aromatic carbocycles. The summed E-state index contributed by atoms with van der Waals surface area (Å²) >= 11 is 3.29. The molecular formula is C16H16BrNO2. The van der Waals surface area contributed by atoms with E-state index in [1.54, 1.807) is 12.1 Å². The van der Waals surface area contributed by atoms with Gasteiger partial charge in [-0.2, -0.15) is 0 Å². The van der Waals surface area contributed by atoms with E-state index >= 15 is 0 Å². The van der Waals surface area contributed by atoms with Crippen LogP contribution in [0.2, 0.25) is 0 Å². The number of carboxylic acid groups (broad SMARTS) is 1. The second-order valence-corrected chi connectivity index (χ2v) is 5.54. The van der Waals surface area contributed by atoms with Crippen molar-refractivity contribution in [1.82, 2.24) is 0 Å². The number of hydrogen-bond donors (Lipinski definition) is 2. The van der Waals surface area contributed by atoms with Gasteiger partial charge in [0.2, 0.25) is 0 Å². The molecule has 0 radical (unpaired) electrons. The number of carbonyl (C=O) groups is 1. The van der Waals surface area contributed by atoms with Crippen LogP contribution in [0.1, 0.15) is 34.5 Å². The Morgan fingerprint density at radius 3 is 2.55 bits per heavy atom. The highest BCUT2D eigenvalue weighted by Gasteiger charge is 2.16. The molecule has 2 aromatic rings. The van der Waals surface area contributed by atoms with Gasteiger partial charge in [0.15, 0.2) is 0 Å². The second-order valence-electron chi connectivity index (χ2n) is 4.69. The smallest absolute Gasteiger partial charge is 0.338 e. The third-order valence-electron chi connectivity index (χ3n) is 3.25. The minimum absolute atomic E-state index is 0.0311. The largest absolute Gasteiger partial charge is 0.478 e. The third kappa shape index (κ3) is 3.02. The van der Waals surface area contributed by atoms with Gasteiger partial charge < -0.3 is 10.4 Å². The number of halogens is 1. The van der Waals surface area contributed by atoms with Crippen LogP contribution in [0.15, 0.2) is 46.9 Å². The fraction of sp³-hybridized carbons (Fsp3) is 0.188. The first kappa shape index (κ1) is 14.6. The molecule has 0 aliphatic carbocycles. The number of anilines is 1. The summed E-state index contributed by atoms with van der Waals surface area (Å²) in [5.41, 5.74) is 3.21. The van der Waals surface area contributed by atoms with Crippen molar-refractivity contribution < 1.29 is 9.90 Å². The maximum atomic E-state index is 11.4. The van der Waals surface area contributed by atoms with Crippen molar-refractivity contribution in [1.29, 1.82) is 0 Å². The fourth-order valence-corrected chi connectivity index (χ4v) is 2.78. The van der Waals surface area contributed by atoms with Crippen LogP contribution >= 0.6 is 15.9 Å². The van der Waals surface area contributed by atoms with Gasteiger partial charge in [-0.05, 0) is 53.0 Å². The van der Waals surface area contributed by atoms with Gasteiger partial charge >= 0.3 is 5.97 Å². The standard InChI is InChI=1S/C16H16BrNO2/c1-10-6-3-4-7-12(10)11(2)18-14-9-5-8-13(17)15(14)16(19)20/h3-9,11,18H,1-2H3,(H,19,20). The quantitative estimate of drug-likeness (QED) is 0.857. The highest BCUT2D eigenvalue weighted by Crippen LogP contribution is 2.28. The van der Waals surface area contributed by atoms with E-state index in [1.165, 1.54) is 5.56 Å². The van der Waals surface area contributed by atoms with E-state index in [0.717, 1.165) is 5.56 Å². The van der Waals surface area contributed by atoms with Crippen LogP contribution < -0.4 is 5.32 Å². The SMILES string of the molecule is Cc1ccccc1C(C)Nc1cccc(Br)c1C(=O)O. The molecule has 0 bridgehead atoms. The lowest BCUT2D eigenvalue weighted by molar-refractivity contribution is 0.0697. The number of hydrogen-bond acceptors (Lipinski definition) is 2. The van der Waals surface area contributed by atoms with Crippen molar-refractivity contribution in [3.8, 4) is 0 Å². The lowest BCUT2D eigenvalue weighted by Gasteiger charge is -2.19. The van der Waals surface area contributed by atoms with Gasteiger partial charge in [0.1, 0.15) is 0 Å². The van der Waals surface area contributed by atoms with Crippen LogP contribution in [-0.2, 0) is 0 Å². The van der Waals surface area contributed by atoms with Gasteiger partial charge in [-0.25, -0.2) is 4.79 Å². The molecule has 1 unspecified atom stereocenters. The number of nitrogens with one attached hydrogen (secondary N) is 1. The van der Waals surface area contributed by atoms with Crippen LogP contribution in [0, 0.1) is 6.92 Å². The summed E-state index contributed by atoms with van der Waals surface area (Å²) in [7, 11) is 0. The number of aryl methyl sites for hydroxylation is 1. The average molecular weight is 334 g/mol. The lowest BCUT2D eigenvalue weighted by Crippen LogP contribution is -2.12. The molecule has 2 N–H and O–H groups in total. The van der Waals surface area contributed by atoms with Crippen LogP contribution in [0.3, 0.4) is 0 Å². The van der Waals surface area contributed by atoms with Crippen molar-refractivity contribution >= 4 is 27.6 Å². The molecule has 20 heavy (non-hydrogen) atoms. The molecule has 0 saturated carbocycles. The molecule has 0 aliphatic rings. The molecule has 0 amide bonds. The van der Waals surface area contributed by atoms with Crippen LogP contribution in [-0.4, -0.2) is 11.1 Å². The van der Waals surface area contributed by atoms with Crippen molar-refractivity contribution in [2.24, 2.45) is 0 Å². The Kier molecular flexibility index (Phi) is 4.45. The highest BCUT2D eigenvalue weighted by molar-refractivity contribution is 9.10. The Morgan fingerprint density at radius 1 is 1.20 bits per heavy atom. The number of rotatable bonds is 4. The molecule has 0 aliphatic heterocycles. The maximum absolute atomic E-state index is 11.4. The molecule has 2 rings (SSSR count). The number of aromatic carboxylic acids is 1. The van der Waals surface area contributed by atoms with Crippen molar-refractivity contribution in [3.05, 3.63) is 63.6 Å². The van der Waals surface area contributed by atoms with E-state index in [1.807, 2.05) is 44.2 Å². The van der Waals surface area contributed by atoms with Gasteiger partial charge in [0.05, 0.1) is 11.3 Å². The molecule has 0 fully saturated rings. The minimum Gasteiger partial charge on any atom is -0.478 e. The van der Waals surface area contributed by atoms with E-state index < -0.39 is 5.97 Å². The topological polar surface area (TPSA) is 49.3 Å². The first-order chi connectivity index (χ1) is 9.50. The Balaban J connectivity index is 2.33. The fourth-order valence-electron chi connectivity index (χ4n) is 2.25. The Hall–Kier alpha value is -1.81. The normalized spacial score (nSPS) is 11.9. The predicted molar refractivity (Wildman–Crippen MR) is 84.3 cm³/mol. The summed E-state index contributed by atoms with van der Waals surface area (Å²) < 4.78 is 0.576. The Labute approximate surface area is 126 Å². The van der Waals surface area contributed by atoms with E-state index in [2.05, 4.69) is 21.2 Å². The Morgan fingerprint density at radius 2 is 1.90 bits per heavy atom. The van der Waals surface area contributed by atoms with E-state index in [-0.39, 0.29) is 11.6 Å². The van der Waals surface area contributed by atoms with Crippen molar-refractivity contribution in [2.45, 2.75) is 19.9 Å². The van der Waals surface area contributed by atoms with E-state index in [9.17, 15) is 9.90 Å². The Bertz CT molecular complexity index is 640. The second kappa shape index (κ2) is 6.09. The van der Waals surface area contributed by atoms with Gasteiger partial charge in [-0.15, -0.1) is 0 Å². The molecular weight excluding hydrogens is 318 g/mol. The summed E-state index contributed by atoms with van der Waals surface area (Å²) in [4.78, 5) is 11.4. The minimum atomic E-state index is -0.947. The molecule has 0 spiro atoms. The summed E-state index contributed by atoms with van der Waals surface area (Å²) in [5, 5.41) is 12.6. The highest BCUT2D eigenvalue weighted by atomic mass is 79.9. The molecule has 4 heteroatoms. The van der Waals surface area contributed by atoms with E-state index in [4.69, 9.17) is 0 Å². The number of carboxylic acids is 1. The number of benzene rings is 2. The van der Waals surface area contributed by atoms with Crippen LogP contribution in [0.4, 0.5) is 5.69 Å².